The third-order valence-corrected chi connectivity index (χ3v) is 5.19. The van der Waals surface area contributed by atoms with Crippen LogP contribution in [-0.4, -0.2) is 23.3 Å². The average Bonchev–Trinajstić information content (AvgIpc) is 2.66. The van der Waals surface area contributed by atoms with E-state index in [2.05, 4.69) is 4.98 Å². The number of unbranched alkanes of at least 4 members (excludes halogenated alkanes) is 8. The van der Waals surface area contributed by atoms with Crippen LogP contribution in [-0.2, 0) is 6.42 Å². The van der Waals surface area contributed by atoms with Crippen LogP contribution in [0.3, 0.4) is 0 Å². The molecule has 0 bridgehead atoms. The van der Waals surface area contributed by atoms with Gasteiger partial charge < -0.3 is 14.8 Å². The van der Waals surface area contributed by atoms with Crippen molar-refractivity contribution >= 4 is 10.9 Å². The molecule has 0 amide bonds. The second-order valence-electron chi connectivity index (χ2n) is 7.58. The Hall–Kier alpha value is -1.81. The molecule has 1 atom stereocenters. The predicted molar refractivity (Wildman–Crippen MR) is 113 cm³/mol. The summed E-state index contributed by atoms with van der Waals surface area (Å²) >= 11 is 0. The molecular weight excluding hydrogens is 338 g/mol. The fourth-order valence-electron chi connectivity index (χ4n) is 3.64. The predicted octanol–water partition coefficient (Wildman–Crippen LogP) is 5.36. The first-order valence-electron chi connectivity index (χ1n) is 10.5. The monoisotopic (exact) mass is 373 g/mol. The van der Waals surface area contributed by atoms with Crippen molar-refractivity contribution in [3.05, 3.63) is 40.2 Å². The fourth-order valence-corrected chi connectivity index (χ4v) is 3.64. The van der Waals surface area contributed by atoms with E-state index >= 15 is 0 Å². The van der Waals surface area contributed by atoms with E-state index < -0.39 is 0 Å². The molecule has 4 nitrogen and oxygen atoms in total. The van der Waals surface area contributed by atoms with E-state index in [0.29, 0.717) is 11.1 Å². The molecule has 0 fully saturated rings. The number of fused-ring (bicyclic) bond motifs is 1. The molecule has 1 heterocycles. The lowest BCUT2D eigenvalue weighted by Crippen LogP contribution is -2.11. The Bertz CT molecular complexity index is 736. The van der Waals surface area contributed by atoms with Crippen LogP contribution in [0.25, 0.3) is 10.9 Å². The van der Waals surface area contributed by atoms with E-state index in [9.17, 15) is 9.90 Å². The number of aliphatic hydroxyl groups is 1. The van der Waals surface area contributed by atoms with Gasteiger partial charge in [-0.1, -0.05) is 63.5 Å². The Balaban J connectivity index is 1.67. The van der Waals surface area contributed by atoms with E-state index in [1.54, 1.807) is 7.11 Å². The summed E-state index contributed by atoms with van der Waals surface area (Å²) < 4.78 is 5.38. The topological polar surface area (TPSA) is 62.3 Å². The van der Waals surface area contributed by atoms with Gasteiger partial charge in [0.2, 0.25) is 5.43 Å². The second kappa shape index (κ2) is 11.8. The van der Waals surface area contributed by atoms with E-state index in [1.807, 2.05) is 31.2 Å². The lowest BCUT2D eigenvalue weighted by atomic mass is 10.0. The van der Waals surface area contributed by atoms with Gasteiger partial charge in [-0.05, 0) is 38.3 Å². The van der Waals surface area contributed by atoms with Crippen LogP contribution >= 0.6 is 0 Å². The van der Waals surface area contributed by atoms with Gasteiger partial charge in [0.25, 0.3) is 0 Å². The average molecular weight is 374 g/mol. The van der Waals surface area contributed by atoms with Gasteiger partial charge in [0.05, 0.1) is 18.9 Å². The number of methoxy groups -OCH3 is 1. The molecule has 1 aromatic carbocycles. The van der Waals surface area contributed by atoms with Crippen LogP contribution in [0.15, 0.2) is 29.1 Å². The van der Waals surface area contributed by atoms with Gasteiger partial charge in [-0.15, -0.1) is 0 Å². The summed E-state index contributed by atoms with van der Waals surface area (Å²) in [4.78, 5) is 15.9. The standard InChI is InChI=1S/C23H35NO3/c1-18(25)14-10-8-6-4-3-5-7-9-11-17-21-23(27-2)22(26)19-15-12-13-16-20(19)24-21/h12-13,15-16,18,25H,3-11,14,17H2,1-2H3,(H,24,26)/t18-/m1/s1. The number of benzene rings is 1. The van der Waals surface area contributed by atoms with Gasteiger partial charge in [0.1, 0.15) is 0 Å². The molecule has 0 aliphatic rings. The van der Waals surface area contributed by atoms with E-state index in [4.69, 9.17) is 4.74 Å². The first-order valence-corrected chi connectivity index (χ1v) is 10.5. The minimum absolute atomic E-state index is 0.0163. The molecule has 150 valence electrons. The molecule has 0 spiro atoms. The highest BCUT2D eigenvalue weighted by molar-refractivity contribution is 5.80. The minimum atomic E-state index is -0.152. The van der Waals surface area contributed by atoms with E-state index in [0.717, 1.165) is 36.9 Å². The van der Waals surface area contributed by atoms with E-state index in [1.165, 1.54) is 44.9 Å². The highest BCUT2D eigenvalue weighted by Crippen LogP contribution is 2.19. The number of aryl methyl sites for hydroxylation is 1. The molecule has 27 heavy (non-hydrogen) atoms. The molecule has 0 unspecified atom stereocenters. The number of H-pyrrole nitrogens is 1. The number of aromatic nitrogens is 1. The Morgan fingerprint density at radius 2 is 1.56 bits per heavy atom. The lowest BCUT2D eigenvalue weighted by Gasteiger charge is -2.10. The molecule has 2 N–H and O–H groups in total. The van der Waals surface area contributed by atoms with Crippen molar-refractivity contribution in [2.75, 3.05) is 7.11 Å². The van der Waals surface area contributed by atoms with Crippen LogP contribution in [0.4, 0.5) is 0 Å². The normalized spacial score (nSPS) is 12.4. The molecule has 0 saturated carbocycles. The summed E-state index contributed by atoms with van der Waals surface area (Å²) in [5.41, 5.74) is 1.78. The zero-order valence-corrected chi connectivity index (χ0v) is 16.9. The van der Waals surface area contributed by atoms with Gasteiger partial charge in [-0.3, -0.25) is 4.79 Å². The summed E-state index contributed by atoms with van der Waals surface area (Å²) in [7, 11) is 1.57. The van der Waals surface area contributed by atoms with Gasteiger partial charge in [-0.2, -0.15) is 0 Å². The van der Waals surface area contributed by atoms with Crippen molar-refractivity contribution in [1.29, 1.82) is 0 Å². The molecule has 0 saturated heterocycles. The number of rotatable bonds is 13. The molecular formula is C23H35NO3. The van der Waals surface area contributed by atoms with Crippen LogP contribution in [0.2, 0.25) is 0 Å². The summed E-state index contributed by atoms with van der Waals surface area (Å²) in [5, 5.41) is 9.92. The third kappa shape index (κ3) is 7.02. The summed E-state index contributed by atoms with van der Waals surface area (Å²) in [6.45, 7) is 1.86. The highest BCUT2D eigenvalue weighted by atomic mass is 16.5. The van der Waals surface area contributed by atoms with Gasteiger partial charge in [0.15, 0.2) is 5.75 Å². The molecule has 0 aliphatic carbocycles. The van der Waals surface area contributed by atoms with E-state index in [-0.39, 0.29) is 11.5 Å². The van der Waals surface area contributed by atoms with Crippen molar-refractivity contribution < 1.29 is 9.84 Å². The molecule has 1 aromatic heterocycles. The Labute approximate surface area is 163 Å². The number of hydrogen-bond donors (Lipinski definition) is 2. The number of aliphatic hydroxyl groups excluding tert-OH is 1. The second-order valence-corrected chi connectivity index (χ2v) is 7.58. The summed E-state index contributed by atoms with van der Waals surface area (Å²) in [5.74, 6) is 0.464. The van der Waals surface area contributed by atoms with Crippen molar-refractivity contribution in [1.82, 2.24) is 4.98 Å². The number of aromatic amines is 1. The largest absolute Gasteiger partial charge is 0.491 e. The maximum atomic E-state index is 12.5. The number of ether oxygens (including phenoxy) is 1. The maximum absolute atomic E-state index is 12.5. The number of para-hydroxylation sites is 1. The first-order chi connectivity index (χ1) is 13.1. The van der Waals surface area contributed by atoms with Crippen molar-refractivity contribution in [2.45, 2.75) is 83.7 Å². The molecule has 2 aromatic rings. The molecule has 4 heteroatoms. The quantitative estimate of drug-likeness (QED) is 0.465. The summed E-state index contributed by atoms with van der Waals surface area (Å²) in [6.07, 6.45) is 12.7. The maximum Gasteiger partial charge on any atom is 0.231 e. The Morgan fingerprint density at radius 1 is 0.963 bits per heavy atom. The van der Waals surface area contributed by atoms with Gasteiger partial charge in [-0.25, -0.2) is 0 Å². The van der Waals surface area contributed by atoms with Crippen LogP contribution < -0.4 is 10.2 Å². The smallest absolute Gasteiger partial charge is 0.231 e. The lowest BCUT2D eigenvalue weighted by molar-refractivity contribution is 0.180. The zero-order valence-electron chi connectivity index (χ0n) is 16.9. The Morgan fingerprint density at radius 3 is 2.19 bits per heavy atom. The number of nitrogens with one attached hydrogen (secondary N) is 1. The van der Waals surface area contributed by atoms with Crippen LogP contribution in [0, 0.1) is 0 Å². The van der Waals surface area contributed by atoms with Crippen LogP contribution in [0.1, 0.15) is 76.8 Å². The molecule has 0 radical (unpaired) electrons. The zero-order chi connectivity index (χ0) is 19.5. The fraction of sp³-hybridized carbons (Fsp3) is 0.609. The molecule has 0 aliphatic heterocycles. The summed E-state index contributed by atoms with van der Waals surface area (Å²) in [6, 6.07) is 7.61. The Kier molecular flexibility index (Phi) is 9.40. The first kappa shape index (κ1) is 21.5. The molecule has 2 rings (SSSR count). The van der Waals surface area contributed by atoms with Gasteiger partial charge in [0, 0.05) is 10.9 Å². The SMILES string of the molecule is COc1c(CCCCCCCCCCC[C@@H](C)O)[nH]c2ccccc2c1=O. The van der Waals surface area contributed by atoms with Crippen molar-refractivity contribution in [2.24, 2.45) is 0 Å². The highest BCUT2D eigenvalue weighted by Gasteiger charge is 2.11. The van der Waals surface area contributed by atoms with Gasteiger partial charge >= 0.3 is 0 Å². The minimum Gasteiger partial charge on any atom is -0.491 e. The van der Waals surface area contributed by atoms with Crippen molar-refractivity contribution in [3.8, 4) is 5.75 Å². The number of pyridine rings is 1. The third-order valence-electron chi connectivity index (χ3n) is 5.19. The van der Waals surface area contributed by atoms with Crippen molar-refractivity contribution in [3.63, 3.8) is 0 Å². The van der Waals surface area contributed by atoms with Crippen LogP contribution in [0.5, 0.6) is 5.75 Å². The number of hydrogen-bond acceptors (Lipinski definition) is 3.